The molecule has 176 valence electrons. The molecule has 1 aliphatic heterocycles. The maximum atomic E-state index is 13.0. The Kier molecular flexibility index (Phi) is 7.21. The lowest BCUT2D eigenvalue weighted by Crippen LogP contribution is -2.46. The van der Waals surface area contributed by atoms with Crippen LogP contribution >= 0.6 is 11.8 Å². The summed E-state index contributed by atoms with van der Waals surface area (Å²) in [6.45, 7) is -1.33. The SMILES string of the molecule is CCOC(=O)C1=C(CSc2ncnc3ccccc23)NC(=O)NC1c1ccccc1OC(F)F. The Morgan fingerprint density at radius 2 is 1.91 bits per heavy atom. The number of amides is 2. The average Bonchev–Trinajstić information content (AvgIpc) is 2.82. The van der Waals surface area contributed by atoms with Crippen molar-refractivity contribution in [1.82, 2.24) is 20.6 Å². The van der Waals surface area contributed by atoms with E-state index in [1.165, 1.54) is 36.3 Å². The number of esters is 1. The number of benzene rings is 2. The van der Waals surface area contributed by atoms with Crippen molar-refractivity contribution in [2.45, 2.75) is 24.6 Å². The quantitative estimate of drug-likeness (QED) is 0.280. The maximum absolute atomic E-state index is 13.0. The Labute approximate surface area is 197 Å². The van der Waals surface area contributed by atoms with Crippen molar-refractivity contribution >= 4 is 34.7 Å². The molecule has 8 nitrogen and oxygen atoms in total. The predicted molar refractivity (Wildman–Crippen MR) is 121 cm³/mol. The van der Waals surface area contributed by atoms with Crippen molar-refractivity contribution < 1.29 is 27.8 Å². The fourth-order valence-corrected chi connectivity index (χ4v) is 4.53. The third-order valence-corrected chi connectivity index (χ3v) is 5.99. The van der Waals surface area contributed by atoms with Gasteiger partial charge in [0.05, 0.1) is 23.7 Å². The fraction of sp³-hybridized carbons (Fsp3) is 0.217. The van der Waals surface area contributed by atoms with E-state index in [9.17, 15) is 18.4 Å². The number of nitrogens with one attached hydrogen (secondary N) is 2. The van der Waals surface area contributed by atoms with Crippen LogP contribution in [0.1, 0.15) is 18.5 Å². The number of nitrogens with zero attached hydrogens (tertiary/aromatic N) is 2. The number of aromatic nitrogens is 2. The molecule has 4 rings (SSSR count). The highest BCUT2D eigenvalue weighted by Gasteiger charge is 2.35. The minimum Gasteiger partial charge on any atom is -0.463 e. The van der Waals surface area contributed by atoms with E-state index in [0.29, 0.717) is 5.03 Å². The molecule has 0 saturated carbocycles. The van der Waals surface area contributed by atoms with Gasteiger partial charge in [-0.25, -0.2) is 19.6 Å². The topological polar surface area (TPSA) is 102 Å². The van der Waals surface area contributed by atoms with Crippen molar-refractivity contribution in [3.8, 4) is 5.75 Å². The number of alkyl halides is 2. The Bertz CT molecular complexity index is 1250. The van der Waals surface area contributed by atoms with Gasteiger partial charge in [-0.3, -0.25) is 0 Å². The van der Waals surface area contributed by atoms with E-state index in [-0.39, 0.29) is 34.9 Å². The van der Waals surface area contributed by atoms with Gasteiger partial charge in [-0.2, -0.15) is 8.78 Å². The van der Waals surface area contributed by atoms with Gasteiger partial charge in [0.2, 0.25) is 0 Å². The lowest BCUT2D eigenvalue weighted by molar-refractivity contribution is -0.139. The van der Waals surface area contributed by atoms with Crippen LogP contribution < -0.4 is 15.4 Å². The smallest absolute Gasteiger partial charge is 0.387 e. The molecule has 1 atom stereocenters. The zero-order chi connectivity index (χ0) is 24.1. The molecule has 0 spiro atoms. The third-order valence-electron chi connectivity index (χ3n) is 4.95. The number of carbonyl (C=O) groups is 2. The molecule has 0 saturated heterocycles. The first-order valence-electron chi connectivity index (χ1n) is 10.3. The number of urea groups is 1. The largest absolute Gasteiger partial charge is 0.463 e. The zero-order valence-corrected chi connectivity index (χ0v) is 18.8. The van der Waals surface area contributed by atoms with Gasteiger partial charge in [-0.05, 0) is 19.1 Å². The van der Waals surface area contributed by atoms with Gasteiger partial charge >= 0.3 is 18.6 Å². The lowest BCUT2D eigenvalue weighted by Gasteiger charge is -2.30. The average molecular weight is 487 g/mol. The van der Waals surface area contributed by atoms with Crippen LogP contribution in [0.5, 0.6) is 5.75 Å². The summed E-state index contributed by atoms with van der Waals surface area (Å²) in [5.74, 6) is -0.674. The summed E-state index contributed by atoms with van der Waals surface area (Å²) in [6.07, 6.45) is 1.44. The van der Waals surface area contributed by atoms with Crippen LogP contribution in [-0.4, -0.2) is 40.9 Å². The molecule has 0 fully saturated rings. The second-order valence-electron chi connectivity index (χ2n) is 7.05. The lowest BCUT2D eigenvalue weighted by atomic mass is 9.95. The van der Waals surface area contributed by atoms with E-state index < -0.39 is 24.7 Å². The Hall–Kier alpha value is -3.73. The molecule has 11 heteroatoms. The van der Waals surface area contributed by atoms with Gasteiger partial charge in [0.15, 0.2) is 0 Å². The van der Waals surface area contributed by atoms with Gasteiger partial charge in [-0.1, -0.05) is 48.2 Å². The van der Waals surface area contributed by atoms with Crippen LogP contribution in [0.3, 0.4) is 0 Å². The monoisotopic (exact) mass is 486 g/mol. The van der Waals surface area contributed by atoms with Crippen LogP contribution in [0.25, 0.3) is 10.9 Å². The van der Waals surface area contributed by atoms with Gasteiger partial charge in [0, 0.05) is 22.4 Å². The fourth-order valence-electron chi connectivity index (χ4n) is 3.57. The molecule has 2 N–H and O–H groups in total. The number of hydrogen-bond acceptors (Lipinski definition) is 7. The number of para-hydroxylation sites is 2. The predicted octanol–water partition coefficient (Wildman–Crippen LogP) is 4.19. The van der Waals surface area contributed by atoms with E-state index in [1.807, 2.05) is 24.3 Å². The second-order valence-corrected chi connectivity index (χ2v) is 8.01. The van der Waals surface area contributed by atoms with Crippen molar-refractivity contribution in [2.24, 2.45) is 0 Å². The number of carbonyl (C=O) groups excluding carboxylic acids is 2. The van der Waals surface area contributed by atoms with Crippen LogP contribution in [0, 0.1) is 0 Å². The van der Waals surface area contributed by atoms with Gasteiger partial charge < -0.3 is 20.1 Å². The van der Waals surface area contributed by atoms with Crippen molar-refractivity contribution in [1.29, 1.82) is 0 Å². The summed E-state index contributed by atoms with van der Waals surface area (Å²) in [7, 11) is 0. The van der Waals surface area contributed by atoms with Crippen LogP contribution in [0.2, 0.25) is 0 Å². The summed E-state index contributed by atoms with van der Waals surface area (Å²) < 4.78 is 35.8. The molecule has 0 radical (unpaired) electrons. The minimum absolute atomic E-state index is 0.0924. The van der Waals surface area contributed by atoms with E-state index in [0.717, 1.165) is 10.9 Å². The second kappa shape index (κ2) is 10.5. The number of hydrogen-bond donors (Lipinski definition) is 2. The highest BCUT2D eigenvalue weighted by atomic mass is 32.2. The summed E-state index contributed by atoms with van der Waals surface area (Å²) in [6, 6.07) is 11.8. The number of fused-ring (bicyclic) bond motifs is 1. The molecule has 2 amide bonds. The van der Waals surface area contributed by atoms with E-state index in [2.05, 4.69) is 25.3 Å². The van der Waals surface area contributed by atoms with E-state index in [4.69, 9.17) is 4.74 Å². The summed E-state index contributed by atoms with van der Waals surface area (Å²) in [5.41, 5.74) is 1.34. The van der Waals surface area contributed by atoms with Gasteiger partial charge in [0.1, 0.15) is 17.1 Å². The molecular formula is C23H20F2N4O4S. The van der Waals surface area contributed by atoms with Crippen LogP contribution in [0.4, 0.5) is 13.6 Å². The highest BCUT2D eigenvalue weighted by Crippen LogP contribution is 2.36. The Balaban J connectivity index is 1.74. The van der Waals surface area contributed by atoms with Gasteiger partial charge in [0.25, 0.3) is 0 Å². The molecule has 0 bridgehead atoms. The molecular weight excluding hydrogens is 466 g/mol. The molecule has 0 aliphatic carbocycles. The first-order chi connectivity index (χ1) is 16.5. The third kappa shape index (κ3) is 5.09. The van der Waals surface area contributed by atoms with Gasteiger partial charge in [-0.15, -0.1) is 0 Å². The van der Waals surface area contributed by atoms with Crippen LogP contribution in [0.15, 0.2) is 71.2 Å². The molecule has 34 heavy (non-hydrogen) atoms. The number of thioether (sulfide) groups is 1. The van der Waals surface area contributed by atoms with E-state index >= 15 is 0 Å². The first kappa shape index (κ1) is 23.4. The van der Waals surface area contributed by atoms with E-state index in [1.54, 1.807) is 13.0 Å². The maximum Gasteiger partial charge on any atom is 0.387 e. The number of rotatable bonds is 8. The number of ether oxygens (including phenoxy) is 2. The van der Waals surface area contributed by atoms with Crippen LogP contribution in [-0.2, 0) is 9.53 Å². The molecule has 1 aromatic heterocycles. The standard InChI is InChI=1S/C23H20F2N4O4S/c1-2-32-21(30)18-16(11-34-20-13-7-3-5-9-15(13)26-12-27-20)28-23(31)29-19(18)14-8-4-6-10-17(14)33-22(24)25/h3-10,12,19,22H,2,11H2,1H3,(H2,28,29,31). The zero-order valence-electron chi connectivity index (χ0n) is 18.0. The van der Waals surface area contributed by atoms with Crippen molar-refractivity contribution in [3.63, 3.8) is 0 Å². The Morgan fingerprint density at radius 1 is 1.15 bits per heavy atom. The summed E-state index contributed by atoms with van der Waals surface area (Å²) in [4.78, 5) is 34.0. The van der Waals surface area contributed by atoms with Crippen molar-refractivity contribution in [3.05, 3.63) is 71.7 Å². The summed E-state index contributed by atoms with van der Waals surface area (Å²) >= 11 is 1.30. The minimum atomic E-state index is -3.07. The molecule has 3 aromatic rings. The van der Waals surface area contributed by atoms with Crippen molar-refractivity contribution in [2.75, 3.05) is 12.4 Å². The highest BCUT2D eigenvalue weighted by molar-refractivity contribution is 7.99. The molecule has 2 aromatic carbocycles. The molecule has 1 aliphatic rings. The summed E-state index contributed by atoms with van der Waals surface area (Å²) in [5, 5.41) is 6.76. The molecule has 2 heterocycles. The molecule has 1 unspecified atom stereocenters. The number of halogens is 2. The normalized spacial score (nSPS) is 15.8. The first-order valence-corrected chi connectivity index (χ1v) is 11.3. The Morgan fingerprint density at radius 3 is 2.71 bits per heavy atom.